The quantitative estimate of drug-likeness (QED) is 0.646. The molecular weight excluding hydrogens is 440 g/mol. The molecule has 1 saturated heterocycles. The lowest BCUT2D eigenvalue weighted by atomic mass is 10.2. The number of likely N-dealkylation sites (N-methyl/N-ethyl adjacent to an activating group) is 1. The molecule has 0 atom stereocenters. The molecule has 1 amide bonds. The Morgan fingerprint density at radius 2 is 1.81 bits per heavy atom. The summed E-state index contributed by atoms with van der Waals surface area (Å²) in [5, 5.41) is 2.69. The number of halogens is 2. The molecule has 32 heavy (non-hydrogen) atoms. The molecule has 0 aliphatic carbocycles. The van der Waals surface area contributed by atoms with Crippen molar-refractivity contribution < 1.29 is 26.7 Å². The molecule has 2 aromatic carbocycles. The first-order valence-electron chi connectivity index (χ1n) is 10.4. The van der Waals surface area contributed by atoms with E-state index in [1.54, 1.807) is 30.9 Å². The van der Waals surface area contributed by atoms with E-state index in [9.17, 15) is 22.0 Å². The zero-order valence-electron chi connectivity index (χ0n) is 18.1. The van der Waals surface area contributed by atoms with E-state index < -0.39 is 27.6 Å². The van der Waals surface area contributed by atoms with Crippen LogP contribution in [-0.4, -0.2) is 62.9 Å². The van der Waals surface area contributed by atoms with Crippen molar-refractivity contribution in [2.75, 3.05) is 44.7 Å². The van der Waals surface area contributed by atoms with E-state index in [1.165, 1.54) is 28.6 Å². The summed E-state index contributed by atoms with van der Waals surface area (Å²) in [6.45, 7) is 4.93. The minimum absolute atomic E-state index is 0.0625. The molecule has 174 valence electrons. The molecule has 1 aliphatic rings. The van der Waals surface area contributed by atoms with Crippen LogP contribution in [0, 0.1) is 18.6 Å². The number of carbonyl (C=O) groups is 1. The number of nitrogens with one attached hydrogen (secondary N) is 1. The van der Waals surface area contributed by atoms with Gasteiger partial charge in [-0.2, -0.15) is 4.31 Å². The summed E-state index contributed by atoms with van der Waals surface area (Å²) in [6, 6.07) is 8.33. The van der Waals surface area contributed by atoms with E-state index >= 15 is 0 Å². The molecule has 10 heteroatoms. The summed E-state index contributed by atoms with van der Waals surface area (Å²) in [5.74, 6) is -1.75. The lowest BCUT2D eigenvalue weighted by Gasteiger charge is -2.27. The van der Waals surface area contributed by atoms with Crippen molar-refractivity contribution in [2.45, 2.75) is 25.3 Å². The van der Waals surface area contributed by atoms with Crippen LogP contribution < -0.4 is 5.32 Å². The van der Waals surface area contributed by atoms with Gasteiger partial charge in [-0.25, -0.2) is 17.2 Å². The first-order valence-corrected chi connectivity index (χ1v) is 11.8. The van der Waals surface area contributed by atoms with Crippen molar-refractivity contribution in [2.24, 2.45) is 0 Å². The van der Waals surface area contributed by atoms with Gasteiger partial charge in [-0.15, -0.1) is 0 Å². The fourth-order valence-corrected chi connectivity index (χ4v) is 5.13. The fourth-order valence-electron chi connectivity index (χ4n) is 3.47. The largest absolute Gasteiger partial charge is 0.379 e. The van der Waals surface area contributed by atoms with Gasteiger partial charge in [0.15, 0.2) is 0 Å². The van der Waals surface area contributed by atoms with Gasteiger partial charge >= 0.3 is 0 Å². The van der Waals surface area contributed by atoms with Gasteiger partial charge in [0.2, 0.25) is 15.9 Å². The normalized spacial score (nSPS) is 15.2. The van der Waals surface area contributed by atoms with Crippen LogP contribution in [0.5, 0.6) is 0 Å². The molecule has 7 nitrogen and oxygen atoms in total. The van der Waals surface area contributed by atoms with Crippen molar-refractivity contribution in [1.82, 2.24) is 9.21 Å². The highest BCUT2D eigenvalue weighted by Crippen LogP contribution is 2.24. The Kier molecular flexibility index (Phi) is 7.94. The van der Waals surface area contributed by atoms with Gasteiger partial charge in [-0.3, -0.25) is 9.69 Å². The van der Waals surface area contributed by atoms with Gasteiger partial charge in [0.05, 0.1) is 24.7 Å². The first kappa shape index (κ1) is 24.2. The van der Waals surface area contributed by atoms with Gasteiger partial charge in [0.25, 0.3) is 0 Å². The van der Waals surface area contributed by atoms with E-state index in [0.29, 0.717) is 31.0 Å². The maximum Gasteiger partial charge on any atom is 0.243 e. The van der Waals surface area contributed by atoms with Crippen LogP contribution >= 0.6 is 0 Å². The van der Waals surface area contributed by atoms with E-state index in [-0.39, 0.29) is 36.6 Å². The molecule has 1 heterocycles. The van der Waals surface area contributed by atoms with Crippen LogP contribution in [0.2, 0.25) is 0 Å². The van der Waals surface area contributed by atoms with Crippen LogP contribution in [0.4, 0.5) is 14.5 Å². The van der Waals surface area contributed by atoms with E-state index in [2.05, 4.69) is 5.32 Å². The minimum atomic E-state index is -3.72. The first-order chi connectivity index (χ1) is 15.2. The monoisotopic (exact) mass is 467 g/mol. The third kappa shape index (κ3) is 5.69. The zero-order chi connectivity index (χ0) is 23.3. The number of hydrogen-bond acceptors (Lipinski definition) is 5. The summed E-state index contributed by atoms with van der Waals surface area (Å²) in [7, 11) is -3.72. The topological polar surface area (TPSA) is 79.0 Å². The van der Waals surface area contributed by atoms with Crippen molar-refractivity contribution >= 4 is 21.6 Å². The average Bonchev–Trinajstić information content (AvgIpc) is 2.77. The number of hydrogen-bond donors (Lipinski definition) is 1. The lowest BCUT2D eigenvalue weighted by molar-refractivity contribution is -0.117. The highest BCUT2D eigenvalue weighted by molar-refractivity contribution is 7.89. The number of anilines is 1. The summed E-state index contributed by atoms with van der Waals surface area (Å²) in [6.07, 6.45) is 0. The van der Waals surface area contributed by atoms with Gasteiger partial charge < -0.3 is 10.1 Å². The Balaban J connectivity index is 1.71. The van der Waals surface area contributed by atoms with Crippen LogP contribution in [0.15, 0.2) is 41.3 Å². The van der Waals surface area contributed by atoms with E-state index in [4.69, 9.17) is 4.74 Å². The molecule has 0 spiro atoms. The van der Waals surface area contributed by atoms with Crippen molar-refractivity contribution in [3.05, 3.63) is 59.2 Å². The molecule has 2 aromatic rings. The summed E-state index contributed by atoms with van der Waals surface area (Å²) in [5.41, 5.74) is 0.802. The summed E-state index contributed by atoms with van der Waals surface area (Å²) < 4.78 is 60.5. The third-order valence-electron chi connectivity index (χ3n) is 5.32. The average molecular weight is 468 g/mol. The van der Waals surface area contributed by atoms with Crippen LogP contribution in [0.1, 0.15) is 18.1 Å². The Morgan fingerprint density at radius 3 is 2.44 bits per heavy atom. The molecule has 0 radical (unpaired) electrons. The SMILES string of the molecule is CCN(CC(=O)Nc1ccc(C)c(S(=O)(=O)N2CCOCC2)c1)Cc1c(F)cccc1F. The molecule has 1 N–H and O–H groups in total. The molecule has 0 unspecified atom stereocenters. The number of carbonyl (C=O) groups excluding carboxylic acids is 1. The molecule has 1 fully saturated rings. The smallest absolute Gasteiger partial charge is 0.243 e. The van der Waals surface area contributed by atoms with Crippen LogP contribution in [0.3, 0.4) is 0 Å². The molecule has 3 rings (SSSR count). The number of sulfonamides is 1. The predicted octanol–water partition coefficient (Wildman–Crippen LogP) is 2.75. The van der Waals surface area contributed by atoms with Crippen molar-refractivity contribution in [1.29, 1.82) is 0 Å². The predicted molar refractivity (Wildman–Crippen MR) is 117 cm³/mol. The Hall–Kier alpha value is -2.40. The number of morpholine rings is 1. The fraction of sp³-hybridized carbons (Fsp3) is 0.409. The Morgan fingerprint density at radius 1 is 1.16 bits per heavy atom. The van der Waals surface area contributed by atoms with Gasteiger partial charge in [-0.1, -0.05) is 19.1 Å². The summed E-state index contributed by atoms with van der Waals surface area (Å²) >= 11 is 0. The highest BCUT2D eigenvalue weighted by atomic mass is 32.2. The Bertz CT molecular complexity index is 1050. The zero-order valence-corrected chi connectivity index (χ0v) is 18.9. The number of rotatable bonds is 8. The maximum absolute atomic E-state index is 13.9. The van der Waals surface area contributed by atoms with Gasteiger partial charge in [-0.05, 0) is 43.3 Å². The number of benzene rings is 2. The highest BCUT2D eigenvalue weighted by Gasteiger charge is 2.28. The second kappa shape index (κ2) is 10.5. The second-order valence-electron chi connectivity index (χ2n) is 7.55. The lowest BCUT2D eigenvalue weighted by Crippen LogP contribution is -2.40. The third-order valence-corrected chi connectivity index (χ3v) is 7.36. The molecule has 0 saturated carbocycles. The number of aryl methyl sites for hydroxylation is 1. The van der Waals surface area contributed by atoms with Gasteiger partial charge in [0, 0.05) is 30.9 Å². The van der Waals surface area contributed by atoms with Crippen LogP contribution in [-0.2, 0) is 26.1 Å². The molecule has 0 aromatic heterocycles. The summed E-state index contributed by atoms with van der Waals surface area (Å²) in [4.78, 5) is 14.3. The van der Waals surface area contributed by atoms with Crippen LogP contribution in [0.25, 0.3) is 0 Å². The van der Waals surface area contributed by atoms with Crippen molar-refractivity contribution in [3.63, 3.8) is 0 Å². The van der Waals surface area contributed by atoms with Crippen molar-refractivity contribution in [3.8, 4) is 0 Å². The molecule has 1 aliphatic heterocycles. The van der Waals surface area contributed by atoms with E-state index in [0.717, 1.165) is 0 Å². The van der Waals surface area contributed by atoms with E-state index in [1.807, 2.05) is 0 Å². The number of amides is 1. The number of ether oxygens (including phenoxy) is 1. The molecular formula is C22H27F2N3O4S. The standard InChI is InChI=1S/C22H27F2N3O4S/c1-3-26(14-18-19(23)5-4-6-20(18)24)15-22(28)25-17-8-7-16(2)21(13-17)32(29,30)27-9-11-31-12-10-27/h4-8,13H,3,9-12,14-15H2,1-2H3,(H,25,28). The number of nitrogens with zero attached hydrogens (tertiary/aromatic N) is 2. The minimum Gasteiger partial charge on any atom is -0.379 e. The molecule has 0 bridgehead atoms. The Labute approximate surface area is 187 Å². The maximum atomic E-state index is 13.9. The second-order valence-corrected chi connectivity index (χ2v) is 9.45. The van der Waals surface area contributed by atoms with Gasteiger partial charge in [0.1, 0.15) is 11.6 Å².